The normalized spacial score (nSPS) is 37.2. The zero-order valence-corrected chi connectivity index (χ0v) is 18.0. The highest BCUT2D eigenvalue weighted by Gasteiger charge is 2.47. The summed E-state index contributed by atoms with van der Waals surface area (Å²) in [6, 6.07) is 3.67. The van der Waals surface area contributed by atoms with Gasteiger partial charge in [0.25, 0.3) is 0 Å². The van der Waals surface area contributed by atoms with Crippen molar-refractivity contribution in [3.63, 3.8) is 0 Å². The zero-order chi connectivity index (χ0) is 18.2. The van der Waals surface area contributed by atoms with Crippen molar-refractivity contribution < 1.29 is 0 Å². The van der Waals surface area contributed by atoms with E-state index in [-0.39, 0.29) is 0 Å². The van der Waals surface area contributed by atoms with Gasteiger partial charge in [-0.15, -0.1) is 0 Å². The van der Waals surface area contributed by atoms with Gasteiger partial charge in [-0.2, -0.15) is 0 Å². The molecule has 5 atom stereocenters. The Morgan fingerprint density at radius 2 is 1.54 bits per heavy atom. The Balaban J connectivity index is 2.09. The van der Waals surface area contributed by atoms with Gasteiger partial charge in [-0.3, -0.25) is 9.80 Å². The van der Waals surface area contributed by atoms with Crippen LogP contribution in [0.3, 0.4) is 0 Å². The maximum Gasteiger partial charge on any atom is 0.0210 e. The molecular formula is C22H44N2. The third kappa shape index (κ3) is 3.70. The van der Waals surface area contributed by atoms with Crippen LogP contribution in [0, 0.1) is 11.8 Å². The molecule has 2 aliphatic rings. The van der Waals surface area contributed by atoms with Crippen LogP contribution in [0.4, 0.5) is 0 Å². The average Bonchev–Trinajstić information content (AvgIpc) is 3.00. The van der Waals surface area contributed by atoms with Crippen molar-refractivity contribution in [2.24, 2.45) is 11.8 Å². The number of likely N-dealkylation sites (tertiary alicyclic amines) is 2. The second-order valence-electron chi connectivity index (χ2n) is 9.95. The Bertz CT molecular complexity index is 403. The van der Waals surface area contributed by atoms with Gasteiger partial charge in [0.15, 0.2) is 0 Å². The summed E-state index contributed by atoms with van der Waals surface area (Å²) < 4.78 is 0. The first-order chi connectivity index (χ1) is 11.1. The highest BCUT2D eigenvalue weighted by atomic mass is 15.3. The Hall–Kier alpha value is -0.0800. The van der Waals surface area contributed by atoms with Crippen LogP contribution in [-0.2, 0) is 0 Å². The van der Waals surface area contributed by atoms with E-state index in [9.17, 15) is 0 Å². The molecule has 4 unspecified atom stereocenters. The van der Waals surface area contributed by atoms with Gasteiger partial charge in [0, 0.05) is 35.7 Å². The maximum absolute atomic E-state index is 2.88. The van der Waals surface area contributed by atoms with Crippen LogP contribution in [0.1, 0.15) is 94.4 Å². The fourth-order valence-electron chi connectivity index (χ4n) is 6.07. The predicted octanol–water partition coefficient (Wildman–Crippen LogP) is 5.56. The summed E-state index contributed by atoms with van der Waals surface area (Å²) in [5.74, 6) is 1.54. The molecule has 2 saturated heterocycles. The van der Waals surface area contributed by atoms with Crippen LogP contribution in [0.25, 0.3) is 0 Å². The van der Waals surface area contributed by atoms with Crippen molar-refractivity contribution in [2.75, 3.05) is 0 Å². The SMILES string of the molecule is CC(CC1CCC(C)(C(C)C)N1C(C)C)[C@H]1CCC(C)N1C(C)C. The first-order valence-corrected chi connectivity index (χ1v) is 10.7. The van der Waals surface area contributed by atoms with Gasteiger partial charge in [0.05, 0.1) is 0 Å². The molecule has 0 saturated carbocycles. The smallest absolute Gasteiger partial charge is 0.0210 e. The van der Waals surface area contributed by atoms with Crippen molar-refractivity contribution in [2.45, 2.75) is 130 Å². The second-order valence-corrected chi connectivity index (χ2v) is 9.95. The third-order valence-corrected chi connectivity index (χ3v) is 7.44. The Labute approximate surface area is 152 Å². The van der Waals surface area contributed by atoms with Gasteiger partial charge in [0.1, 0.15) is 0 Å². The zero-order valence-electron chi connectivity index (χ0n) is 18.0. The van der Waals surface area contributed by atoms with Crippen LogP contribution in [0.15, 0.2) is 0 Å². The lowest BCUT2D eigenvalue weighted by molar-refractivity contribution is 0.0269. The van der Waals surface area contributed by atoms with Crippen molar-refractivity contribution in [1.82, 2.24) is 9.80 Å². The first-order valence-electron chi connectivity index (χ1n) is 10.7. The van der Waals surface area contributed by atoms with Crippen LogP contribution in [-0.4, -0.2) is 45.5 Å². The summed E-state index contributed by atoms with van der Waals surface area (Å²) in [6.45, 7) is 21.9. The molecule has 2 fully saturated rings. The predicted molar refractivity (Wildman–Crippen MR) is 106 cm³/mol. The van der Waals surface area contributed by atoms with Gasteiger partial charge < -0.3 is 0 Å². The molecule has 0 radical (unpaired) electrons. The van der Waals surface area contributed by atoms with E-state index in [0.29, 0.717) is 17.6 Å². The molecule has 0 aromatic heterocycles. The monoisotopic (exact) mass is 336 g/mol. The molecule has 0 aliphatic carbocycles. The summed E-state index contributed by atoms with van der Waals surface area (Å²) in [5, 5.41) is 0. The van der Waals surface area contributed by atoms with E-state index in [1.807, 2.05) is 0 Å². The summed E-state index contributed by atoms with van der Waals surface area (Å²) in [5.41, 5.74) is 0.388. The fraction of sp³-hybridized carbons (Fsp3) is 1.00. The summed E-state index contributed by atoms with van der Waals surface area (Å²) in [4.78, 5) is 5.69. The van der Waals surface area contributed by atoms with Gasteiger partial charge >= 0.3 is 0 Å². The minimum atomic E-state index is 0.388. The molecule has 0 N–H and O–H groups in total. The van der Waals surface area contributed by atoms with Crippen LogP contribution < -0.4 is 0 Å². The third-order valence-electron chi connectivity index (χ3n) is 7.44. The van der Waals surface area contributed by atoms with Gasteiger partial charge in [0.2, 0.25) is 0 Å². The van der Waals surface area contributed by atoms with E-state index >= 15 is 0 Å². The number of rotatable bonds is 6. The molecule has 0 aromatic rings. The molecule has 2 rings (SSSR count). The van der Waals surface area contributed by atoms with E-state index in [2.05, 4.69) is 72.1 Å². The lowest BCUT2D eigenvalue weighted by atomic mass is 9.85. The summed E-state index contributed by atoms with van der Waals surface area (Å²) in [7, 11) is 0. The van der Waals surface area contributed by atoms with Crippen LogP contribution >= 0.6 is 0 Å². The van der Waals surface area contributed by atoms with Crippen molar-refractivity contribution in [3.8, 4) is 0 Å². The highest BCUT2D eigenvalue weighted by molar-refractivity contribution is 5.02. The van der Waals surface area contributed by atoms with Gasteiger partial charge in [-0.25, -0.2) is 0 Å². The second kappa shape index (κ2) is 7.66. The minimum absolute atomic E-state index is 0.388. The van der Waals surface area contributed by atoms with Crippen LogP contribution in [0.2, 0.25) is 0 Å². The average molecular weight is 337 g/mol. The van der Waals surface area contributed by atoms with Crippen molar-refractivity contribution in [3.05, 3.63) is 0 Å². The molecule has 0 bridgehead atoms. The topological polar surface area (TPSA) is 6.48 Å². The molecule has 2 aliphatic heterocycles. The first kappa shape index (κ1) is 20.2. The lowest BCUT2D eigenvalue weighted by Gasteiger charge is -2.45. The van der Waals surface area contributed by atoms with E-state index in [4.69, 9.17) is 0 Å². The van der Waals surface area contributed by atoms with E-state index < -0.39 is 0 Å². The molecule has 2 heterocycles. The molecule has 0 spiro atoms. The summed E-state index contributed by atoms with van der Waals surface area (Å²) >= 11 is 0. The highest BCUT2D eigenvalue weighted by Crippen LogP contribution is 2.44. The Kier molecular flexibility index (Phi) is 6.46. The Morgan fingerprint density at radius 3 is 2.04 bits per heavy atom. The molecular weight excluding hydrogens is 292 g/mol. The summed E-state index contributed by atoms with van der Waals surface area (Å²) in [6.07, 6.45) is 6.92. The molecule has 0 amide bonds. The fourth-order valence-corrected chi connectivity index (χ4v) is 6.07. The quantitative estimate of drug-likeness (QED) is 0.626. The van der Waals surface area contributed by atoms with Gasteiger partial charge in [-0.05, 0) is 85.5 Å². The molecule has 142 valence electrons. The Morgan fingerprint density at radius 1 is 0.917 bits per heavy atom. The van der Waals surface area contributed by atoms with E-state index in [0.717, 1.165) is 30.0 Å². The standard InChI is InChI=1S/C22H44N2/c1-15(2)22(9)13-12-20(24(22)17(5)6)14-18(7)21-11-10-19(8)23(21)16(3)4/h15-21H,10-14H2,1-9H3/t18?,19?,20?,21-,22?/m1/s1. The van der Waals surface area contributed by atoms with Gasteiger partial charge in [-0.1, -0.05) is 20.8 Å². The van der Waals surface area contributed by atoms with Crippen molar-refractivity contribution >= 4 is 0 Å². The molecule has 2 nitrogen and oxygen atoms in total. The number of hydrogen-bond acceptors (Lipinski definition) is 2. The van der Waals surface area contributed by atoms with Crippen molar-refractivity contribution in [1.29, 1.82) is 0 Å². The van der Waals surface area contributed by atoms with E-state index in [1.54, 1.807) is 0 Å². The minimum Gasteiger partial charge on any atom is -0.295 e. The van der Waals surface area contributed by atoms with E-state index in [1.165, 1.54) is 32.1 Å². The largest absolute Gasteiger partial charge is 0.295 e. The maximum atomic E-state index is 2.88. The lowest BCUT2D eigenvalue weighted by Crippen LogP contribution is -2.53. The molecule has 2 heteroatoms. The molecule has 24 heavy (non-hydrogen) atoms. The number of nitrogens with zero attached hydrogens (tertiary/aromatic N) is 2. The number of hydrogen-bond donors (Lipinski definition) is 0. The molecule has 0 aromatic carbocycles. The van der Waals surface area contributed by atoms with Crippen LogP contribution in [0.5, 0.6) is 0 Å².